The number of allylic oxidation sites excluding steroid dienone is 2. The second kappa shape index (κ2) is 9.84. The largest absolute Gasteiger partial charge is 0.290 e. The van der Waals surface area contributed by atoms with Crippen LogP contribution in [0.5, 0.6) is 0 Å². The fourth-order valence-corrected chi connectivity index (χ4v) is 5.62. The maximum atomic E-state index is 13.2. The van der Waals surface area contributed by atoms with Crippen LogP contribution in [-0.2, 0) is 4.79 Å². The molecule has 4 aromatic rings. The number of benzene rings is 2. The van der Waals surface area contributed by atoms with Crippen molar-refractivity contribution in [3.05, 3.63) is 126 Å². The van der Waals surface area contributed by atoms with Gasteiger partial charge in [-0.3, -0.25) is 4.79 Å². The van der Waals surface area contributed by atoms with Crippen molar-refractivity contribution in [2.45, 2.75) is 0 Å². The molecular weight excluding hydrogens is 540 g/mol. The van der Waals surface area contributed by atoms with E-state index in [1.54, 1.807) is 34.8 Å². The Morgan fingerprint density at radius 1 is 0.633 bits per heavy atom. The fourth-order valence-electron chi connectivity index (χ4n) is 3.11. The zero-order valence-electron chi connectivity index (χ0n) is 15.7. The molecule has 0 amide bonds. The van der Waals surface area contributed by atoms with Crippen molar-refractivity contribution in [3.63, 3.8) is 0 Å². The van der Waals surface area contributed by atoms with E-state index >= 15 is 0 Å². The molecule has 2 heterocycles. The lowest BCUT2D eigenvalue weighted by atomic mass is 9.99. The molecule has 0 aliphatic carbocycles. The molecule has 0 bridgehead atoms. The van der Waals surface area contributed by atoms with Gasteiger partial charge in [0.25, 0.3) is 0 Å². The first-order chi connectivity index (χ1) is 14.6. The van der Waals surface area contributed by atoms with E-state index in [1.165, 1.54) is 0 Å². The van der Waals surface area contributed by atoms with E-state index in [1.807, 2.05) is 83.6 Å². The molecule has 148 valence electrons. The SMILES string of the molecule is O=C(C=C(c1cccs1)c1ccccc1Br)C=C(c1cccs1)c1ccccc1Br. The Hall–Kier alpha value is -2.05. The number of carbonyl (C=O) groups is 1. The summed E-state index contributed by atoms with van der Waals surface area (Å²) in [4.78, 5) is 15.4. The molecule has 1 nitrogen and oxygen atoms in total. The van der Waals surface area contributed by atoms with Crippen LogP contribution in [0.1, 0.15) is 20.9 Å². The quantitative estimate of drug-likeness (QED) is 0.218. The number of rotatable bonds is 6. The van der Waals surface area contributed by atoms with E-state index in [0.29, 0.717) is 0 Å². The first-order valence-electron chi connectivity index (χ1n) is 9.18. The lowest BCUT2D eigenvalue weighted by Crippen LogP contribution is -1.96. The van der Waals surface area contributed by atoms with Gasteiger partial charge in [-0.25, -0.2) is 0 Å². The standard InChI is InChI=1S/C25H16Br2OS2/c26-22-9-3-1-7-18(22)20(24-11-5-13-29-24)15-17(28)16-21(25-12-6-14-30-25)19-8-2-4-10-23(19)27/h1-16H. The number of carbonyl (C=O) groups excluding carboxylic acids is 1. The second-order valence-corrected chi connectivity index (χ2v) is 10.0. The maximum absolute atomic E-state index is 13.2. The average molecular weight is 556 g/mol. The van der Waals surface area contributed by atoms with E-state index in [2.05, 4.69) is 31.9 Å². The summed E-state index contributed by atoms with van der Waals surface area (Å²) < 4.78 is 1.93. The van der Waals surface area contributed by atoms with E-state index in [9.17, 15) is 4.79 Å². The van der Waals surface area contributed by atoms with Gasteiger partial charge < -0.3 is 0 Å². The predicted molar refractivity (Wildman–Crippen MR) is 136 cm³/mol. The van der Waals surface area contributed by atoms with Crippen LogP contribution in [0.4, 0.5) is 0 Å². The molecule has 0 N–H and O–H groups in total. The molecule has 0 saturated heterocycles. The van der Waals surface area contributed by atoms with Gasteiger partial charge in [-0.2, -0.15) is 0 Å². The molecular formula is C25H16Br2OS2. The molecule has 2 aromatic heterocycles. The Morgan fingerprint density at radius 3 is 1.43 bits per heavy atom. The monoisotopic (exact) mass is 554 g/mol. The van der Waals surface area contributed by atoms with Crippen LogP contribution in [0, 0.1) is 0 Å². The molecule has 2 aromatic carbocycles. The van der Waals surface area contributed by atoms with Gasteiger partial charge in [-0.1, -0.05) is 80.4 Å². The minimum absolute atomic E-state index is 0.0479. The van der Waals surface area contributed by atoms with Gasteiger partial charge in [0.2, 0.25) is 0 Å². The van der Waals surface area contributed by atoms with Gasteiger partial charge in [0.15, 0.2) is 5.78 Å². The molecule has 30 heavy (non-hydrogen) atoms. The van der Waals surface area contributed by atoms with Gasteiger partial charge in [0.05, 0.1) is 0 Å². The van der Waals surface area contributed by atoms with E-state index in [0.717, 1.165) is 41.0 Å². The van der Waals surface area contributed by atoms with Crippen molar-refractivity contribution in [2.75, 3.05) is 0 Å². The molecule has 0 atom stereocenters. The third kappa shape index (κ3) is 4.81. The number of hydrogen-bond donors (Lipinski definition) is 0. The first kappa shape index (κ1) is 21.2. The zero-order valence-corrected chi connectivity index (χ0v) is 20.5. The summed E-state index contributed by atoms with van der Waals surface area (Å²) in [7, 11) is 0. The normalized spacial score (nSPS) is 12.2. The maximum Gasteiger partial charge on any atom is 0.179 e. The molecule has 0 aliphatic rings. The third-order valence-corrected chi connectivity index (χ3v) is 7.66. The third-order valence-electron chi connectivity index (χ3n) is 4.47. The highest BCUT2D eigenvalue weighted by Gasteiger charge is 2.14. The van der Waals surface area contributed by atoms with Crippen molar-refractivity contribution in [1.82, 2.24) is 0 Å². The van der Waals surface area contributed by atoms with Gasteiger partial charge in [-0.15, -0.1) is 22.7 Å². The molecule has 0 spiro atoms. The zero-order chi connectivity index (χ0) is 20.9. The van der Waals surface area contributed by atoms with E-state index < -0.39 is 0 Å². The van der Waals surface area contributed by atoms with Crippen LogP contribution >= 0.6 is 54.5 Å². The Bertz CT molecular complexity index is 1120. The average Bonchev–Trinajstić information content (AvgIpc) is 3.46. The Labute approximate surface area is 200 Å². The Kier molecular flexibility index (Phi) is 6.95. The summed E-state index contributed by atoms with van der Waals surface area (Å²) in [6, 6.07) is 24.1. The molecule has 0 saturated carbocycles. The van der Waals surface area contributed by atoms with Crippen LogP contribution < -0.4 is 0 Å². The summed E-state index contributed by atoms with van der Waals surface area (Å²) in [5.41, 5.74) is 3.83. The summed E-state index contributed by atoms with van der Waals surface area (Å²) in [5, 5.41) is 4.05. The lowest BCUT2D eigenvalue weighted by Gasteiger charge is -2.10. The van der Waals surface area contributed by atoms with E-state index in [4.69, 9.17) is 0 Å². The number of hydrogen-bond acceptors (Lipinski definition) is 3. The van der Waals surface area contributed by atoms with Gasteiger partial charge in [-0.05, 0) is 58.3 Å². The number of thiophene rings is 2. The van der Waals surface area contributed by atoms with Crippen molar-refractivity contribution in [1.29, 1.82) is 0 Å². The van der Waals surface area contributed by atoms with Gasteiger partial charge >= 0.3 is 0 Å². The molecule has 0 unspecified atom stereocenters. The van der Waals surface area contributed by atoms with Crippen LogP contribution in [0.3, 0.4) is 0 Å². The highest BCUT2D eigenvalue weighted by molar-refractivity contribution is 9.10. The highest BCUT2D eigenvalue weighted by Crippen LogP contribution is 2.34. The first-order valence-corrected chi connectivity index (χ1v) is 12.5. The molecule has 0 aliphatic heterocycles. The minimum atomic E-state index is -0.0479. The number of ketones is 1. The van der Waals surface area contributed by atoms with Crippen LogP contribution in [0.2, 0.25) is 0 Å². The minimum Gasteiger partial charge on any atom is -0.290 e. The van der Waals surface area contributed by atoms with Crippen LogP contribution in [-0.4, -0.2) is 5.78 Å². The lowest BCUT2D eigenvalue weighted by molar-refractivity contribution is -0.110. The van der Waals surface area contributed by atoms with E-state index in [-0.39, 0.29) is 5.78 Å². The topological polar surface area (TPSA) is 17.1 Å². The summed E-state index contributed by atoms with van der Waals surface area (Å²) in [5.74, 6) is -0.0479. The Balaban J connectivity index is 1.82. The summed E-state index contributed by atoms with van der Waals surface area (Å²) >= 11 is 10.5. The van der Waals surface area contributed by atoms with Crippen molar-refractivity contribution >= 4 is 71.5 Å². The summed E-state index contributed by atoms with van der Waals surface area (Å²) in [6.07, 6.45) is 3.47. The van der Waals surface area contributed by atoms with Gasteiger partial charge in [0, 0.05) is 29.8 Å². The summed E-state index contributed by atoms with van der Waals surface area (Å²) in [6.45, 7) is 0. The van der Waals surface area contributed by atoms with Gasteiger partial charge in [0.1, 0.15) is 0 Å². The molecule has 0 fully saturated rings. The second-order valence-electron chi connectivity index (χ2n) is 6.43. The fraction of sp³-hybridized carbons (Fsp3) is 0. The molecule has 0 radical (unpaired) electrons. The van der Waals surface area contributed by atoms with Crippen molar-refractivity contribution in [2.24, 2.45) is 0 Å². The highest BCUT2D eigenvalue weighted by atomic mass is 79.9. The smallest absolute Gasteiger partial charge is 0.179 e. The molecule has 5 heteroatoms. The van der Waals surface area contributed by atoms with Crippen LogP contribution in [0.25, 0.3) is 11.1 Å². The van der Waals surface area contributed by atoms with Crippen molar-refractivity contribution in [3.8, 4) is 0 Å². The number of halogens is 2. The molecule has 4 rings (SSSR count). The predicted octanol–water partition coefficient (Wildman–Crippen LogP) is 8.47. The van der Waals surface area contributed by atoms with Crippen molar-refractivity contribution < 1.29 is 4.79 Å². The van der Waals surface area contributed by atoms with Crippen LogP contribution in [0.15, 0.2) is 105 Å². The Morgan fingerprint density at radius 2 is 1.07 bits per heavy atom.